The molecule has 1 atom stereocenters. The molecule has 4 rings (SSSR count). The Balaban J connectivity index is 1.37. The molecule has 140 valence electrons. The molecular weight excluding hydrogens is 332 g/mol. The van der Waals surface area contributed by atoms with Crippen LogP contribution in [0.5, 0.6) is 0 Å². The normalized spacial score (nSPS) is 25.1. The van der Waals surface area contributed by atoms with Gasteiger partial charge in [0.25, 0.3) is 0 Å². The lowest BCUT2D eigenvalue weighted by Gasteiger charge is -2.43. The summed E-state index contributed by atoms with van der Waals surface area (Å²) in [6.07, 6.45) is 0. The fourth-order valence-electron chi connectivity index (χ4n) is 3.99. The summed E-state index contributed by atoms with van der Waals surface area (Å²) in [5.41, 5.74) is 2.57. The first-order chi connectivity index (χ1) is 12.7. The topological polar surface area (TPSA) is 65.1 Å². The van der Waals surface area contributed by atoms with Crippen LogP contribution < -0.4 is 5.32 Å². The molecule has 0 aliphatic carbocycles. The quantitative estimate of drug-likeness (QED) is 0.798. The smallest absolute Gasteiger partial charge is 0.244 e. The standard InChI is InChI=1S/C19H26N4O3/c24-18-11-20-19(25)17-14-22(4-5-23(17)18)13-16-3-1-2-15(10-16)12-21-6-8-26-9-7-21/h1-3,10,17H,4-9,11-14H2,(H,20,25)/t17-/m0/s1. The van der Waals surface area contributed by atoms with Crippen molar-refractivity contribution in [3.05, 3.63) is 35.4 Å². The average Bonchev–Trinajstić information content (AvgIpc) is 2.66. The second-order valence-corrected chi connectivity index (χ2v) is 7.26. The van der Waals surface area contributed by atoms with Gasteiger partial charge in [-0.05, 0) is 11.1 Å². The number of hydrogen-bond donors (Lipinski definition) is 1. The van der Waals surface area contributed by atoms with E-state index in [0.29, 0.717) is 13.1 Å². The number of fused-ring (bicyclic) bond motifs is 1. The van der Waals surface area contributed by atoms with Crippen LogP contribution in [0, 0.1) is 0 Å². The van der Waals surface area contributed by atoms with Gasteiger partial charge in [-0.2, -0.15) is 0 Å². The maximum Gasteiger partial charge on any atom is 0.244 e. The van der Waals surface area contributed by atoms with Crippen LogP contribution in [-0.4, -0.2) is 85.0 Å². The molecular formula is C19H26N4O3. The molecule has 3 fully saturated rings. The molecule has 1 N–H and O–H groups in total. The third-order valence-electron chi connectivity index (χ3n) is 5.41. The summed E-state index contributed by atoms with van der Waals surface area (Å²) in [5.74, 6) is -0.00266. The van der Waals surface area contributed by atoms with E-state index in [0.717, 1.165) is 45.9 Å². The van der Waals surface area contributed by atoms with Crippen LogP contribution in [0.4, 0.5) is 0 Å². The summed E-state index contributed by atoms with van der Waals surface area (Å²) >= 11 is 0. The van der Waals surface area contributed by atoms with E-state index in [4.69, 9.17) is 4.74 Å². The van der Waals surface area contributed by atoms with Crippen molar-refractivity contribution >= 4 is 11.8 Å². The van der Waals surface area contributed by atoms with Gasteiger partial charge >= 0.3 is 0 Å². The molecule has 3 aliphatic rings. The second-order valence-electron chi connectivity index (χ2n) is 7.26. The highest BCUT2D eigenvalue weighted by Gasteiger charge is 2.38. The molecule has 0 saturated carbocycles. The summed E-state index contributed by atoms with van der Waals surface area (Å²) in [4.78, 5) is 30.5. The maximum atomic E-state index is 12.1. The summed E-state index contributed by atoms with van der Waals surface area (Å²) in [6.45, 7) is 7.53. The molecule has 3 aliphatic heterocycles. The molecule has 7 heteroatoms. The van der Waals surface area contributed by atoms with Crippen molar-refractivity contribution in [2.75, 3.05) is 52.5 Å². The van der Waals surface area contributed by atoms with E-state index >= 15 is 0 Å². The van der Waals surface area contributed by atoms with E-state index in [1.165, 1.54) is 11.1 Å². The van der Waals surface area contributed by atoms with Crippen molar-refractivity contribution in [1.82, 2.24) is 20.0 Å². The SMILES string of the molecule is O=C1NCC(=O)N2CCN(Cc3cccc(CN4CCOCC4)c3)C[C@@H]12. The van der Waals surface area contributed by atoms with Crippen molar-refractivity contribution in [2.24, 2.45) is 0 Å². The minimum atomic E-state index is -0.346. The van der Waals surface area contributed by atoms with Crippen LogP contribution in [0.1, 0.15) is 11.1 Å². The summed E-state index contributed by atoms with van der Waals surface area (Å²) < 4.78 is 5.41. The second kappa shape index (κ2) is 7.73. The number of carbonyl (C=O) groups excluding carboxylic acids is 2. The Morgan fingerprint density at radius 1 is 1.00 bits per heavy atom. The van der Waals surface area contributed by atoms with Gasteiger partial charge in [-0.15, -0.1) is 0 Å². The van der Waals surface area contributed by atoms with Crippen molar-refractivity contribution < 1.29 is 14.3 Å². The van der Waals surface area contributed by atoms with Gasteiger partial charge in [0.05, 0.1) is 19.8 Å². The largest absolute Gasteiger partial charge is 0.379 e. The summed E-state index contributed by atoms with van der Waals surface area (Å²) in [5, 5.41) is 2.70. The van der Waals surface area contributed by atoms with Crippen LogP contribution in [-0.2, 0) is 27.4 Å². The van der Waals surface area contributed by atoms with E-state index in [1.54, 1.807) is 4.90 Å². The lowest BCUT2D eigenvalue weighted by atomic mass is 10.1. The highest BCUT2D eigenvalue weighted by atomic mass is 16.5. The highest BCUT2D eigenvalue weighted by Crippen LogP contribution is 2.17. The van der Waals surface area contributed by atoms with Gasteiger partial charge in [-0.3, -0.25) is 19.4 Å². The van der Waals surface area contributed by atoms with Crippen molar-refractivity contribution in [3.63, 3.8) is 0 Å². The van der Waals surface area contributed by atoms with E-state index in [-0.39, 0.29) is 24.4 Å². The molecule has 0 bridgehead atoms. The number of benzene rings is 1. The Morgan fingerprint density at radius 2 is 1.73 bits per heavy atom. The number of morpholine rings is 1. The minimum absolute atomic E-state index is 0.0294. The Hall–Kier alpha value is -1.96. The monoisotopic (exact) mass is 358 g/mol. The molecule has 0 radical (unpaired) electrons. The van der Waals surface area contributed by atoms with E-state index in [9.17, 15) is 9.59 Å². The van der Waals surface area contributed by atoms with Gasteiger partial charge in [-0.1, -0.05) is 24.3 Å². The van der Waals surface area contributed by atoms with E-state index in [2.05, 4.69) is 39.4 Å². The van der Waals surface area contributed by atoms with Gasteiger partial charge in [0, 0.05) is 45.8 Å². The van der Waals surface area contributed by atoms with Crippen LogP contribution in [0.15, 0.2) is 24.3 Å². The zero-order valence-corrected chi connectivity index (χ0v) is 15.0. The van der Waals surface area contributed by atoms with Crippen molar-refractivity contribution in [3.8, 4) is 0 Å². The van der Waals surface area contributed by atoms with Crippen LogP contribution >= 0.6 is 0 Å². The molecule has 1 aromatic rings. The number of piperazine rings is 2. The molecule has 0 unspecified atom stereocenters. The molecule has 0 aromatic heterocycles. The van der Waals surface area contributed by atoms with Gasteiger partial charge < -0.3 is 15.0 Å². The molecule has 3 heterocycles. The number of ether oxygens (including phenoxy) is 1. The molecule has 1 aromatic carbocycles. The predicted molar refractivity (Wildman–Crippen MR) is 96.3 cm³/mol. The average molecular weight is 358 g/mol. The van der Waals surface area contributed by atoms with Crippen LogP contribution in [0.25, 0.3) is 0 Å². The molecule has 0 spiro atoms. The predicted octanol–water partition coefficient (Wildman–Crippen LogP) is -0.339. The summed E-state index contributed by atoms with van der Waals surface area (Å²) in [7, 11) is 0. The fourth-order valence-corrected chi connectivity index (χ4v) is 3.99. The fraction of sp³-hybridized carbons (Fsp3) is 0.579. The first kappa shape index (κ1) is 17.5. The Morgan fingerprint density at radius 3 is 2.50 bits per heavy atom. The lowest BCUT2D eigenvalue weighted by Crippen LogP contribution is -2.65. The number of rotatable bonds is 4. The van der Waals surface area contributed by atoms with Gasteiger partial charge in [0.1, 0.15) is 6.04 Å². The van der Waals surface area contributed by atoms with Crippen molar-refractivity contribution in [1.29, 1.82) is 0 Å². The summed E-state index contributed by atoms with van der Waals surface area (Å²) in [6, 6.07) is 8.33. The zero-order chi connectivity index (χ0) is 17.9. The lowest BCUT2D eigenvalue weighted by molar-refractivity contribution is -0.149. The molecule has 26 heavy (non-hydrogen) atoms. The number of amides is 2. The van der Waals surface area contributed by atoms with Gasteiger partial charge in [0.2, 0.25) is 11.8 Å². The third kappa shape index (κ3) is 3.90. The van der Waals surface area contributed by atoms with E-state index in [1.807, 2.05) is 0 Å². The number of nitrogens with one attached hydrogen (secondary N) is 1. The first-order valence-electron chi connectivity index (χ1n) is 9.36. The number of hydrogen-bond acceptors (Lipinski definition) is 5. The molecule has 3 saturated heterocycles. The number of carbonyl (C=O) groups is 2. The van der Waals surface area contributed by atoms with Gasteiger partial charge in [-0.25, -0.2) is 0 Å². The van der Waals surface area contributed by atoms with Crippen LogP contribution in [0.3, 0.4) is 0 Å². The third-order valence-corrected chi connectivity index (χ3v) is 5.41. The minimum Gasteiger partial charge on any atom is -0.379 e. The Bertz CT molecular complexity index is 675. The van der Waals surface area contributed by atoms with Gasteiger partial charge in [0.15, 0.2) is 0 Å². The Labute approximate surface area is 153 Å². The van der Waals surface area contributed by atoms with E-state index < -0.39 is 0 Å². The maximum absolute atomic E-state index is 12.1. The number of nitrogens with zero attached hydrogens (tertiary/aromatic N) is 3. The molecule has 2 amide bonds. The van der Waals surface area contributed by atoms with Crippen LogP contribution in [0.2, 0.25) is 0 Å². The Kier molecular flexibility index (Phi) is 5.19. The zero-order valence-electron chi connectivity index (χ0n) is 15.0. The highest BCUT2D eigenvalue weighted by molar-refractivity contribution is 5.95. The van der Waals surface area contributed by atoms with Crippen molar-refractivity contribution in [2.45, 2.75) is 19.1 Å². The first-order valence-corrected chi connectivity index (χ1v) is 9.36. The molecule has 7 nitrogen and oxygen atoms in total.